The van der Waals surface area contributed by atoms with E-state index in [-0.39, 0.29) is 17.1 Å². The first kappa shape index (κ1) is 18.2. The molecule has 9 heteroatoms. The van der Waals surface area contributed by atoms with Gasteiger partial charge in [0.1, 0.15) is 5.75 Å². The Morgan fingerprint density at radius 2 is 2.00 bits per heavy atom. The topological polar surface area (TPSA) is 117 Å². The minimum Gasteiger partial charge on any atom is -0.479 e. The Labute approximate surface area is 147 Å². The molecule has 1 unspecified atom stereocenters. The van der Waals surface area contributed by atoms with Gasteiger partial charge in [-0.3, -0.25) is 10.1 Å². The molecule has 0 saturated heterocycles. The van der Waals surface area contributed by atoms with Gasteiger partial charge in [0.05, 0.1) is 4.92 Å². The minimum atomic E-state index is -0.958. The maximum atomic E-state index is 11.9. The zero-order valence-electron chi connectivity index (χ0n) is 13.1. The van der Waals surface area contributed by atoms with Crippen LogP contribution in [-0.2, 0) is 9.63 Å². The molecule has 0 fully saturated rings. The number of oxime groups is 1. The summed E-state index contributed by atoms with van der Waals surface area (Å²) in [6, 6.07) is 12.0. The Hall–Kier alpha value is -3.13. The second kappa shape index (κ2) is 8.11. The largest absolute Gasteiger partial charge is 0.479 e. The van der Waals surface area contributed by atoms with Gasteiger partial charge in [-0.25, -0.2) is 4.79 Å². The van der Waals surface area contributed by atoms with Crippen LogP contribution < -0.4 is 10.5 Å². The van der Waals surface area contributed by atoms with Gasteiger partial charge < -0.3 is 15.3 Å². The van der Waals surface area contributed by atoms with Gasteiger partial charge in [0.15, 0.2) is 11.9 Å². The van der Waals surface area contributed by atoms with Gasteiger partial charge in [-0.15, -0.1) is 0 Å². The smallest absolute Gasteiger partial charge is 0.374 e. The average molecular weight is 364 g/mol. The van der Waals surface area contributed by atoms with E-state index in [9.17, 15) is 14.9 Å². The number of carbonyl (C=O) groups excluding carboxylic acids is 1. The third-order valence-electron chi connectivity index (χ3n) is 3.03. The van der Waals surface area contributed by atoms with Crippen LogP contribution in [0.1, 0.15) is 12.5 Å². The summed E-state index contributed by atoms with van der Waals surface area (Å²) in [4.78, 5) is 26.8. The van der Waals surface area contributed by atoms with Crippen molar-refractivity contribution >= 4 is 29.1 Å². The number of ether oxygens (including phenoxy) is 1. The van der Waals surface area contributed by atoms with Crippen molar-refractivity contribution in [2.24, 2.45) is 10.9 Å². The standard InChI is InChI=1S/C16H14ClN3O5/c1-10(24-14-7-3-5-12(17)9-14)16(21)25-19-15(18)11-4-2-6-13(8-11)20(22)23/h2-10H,1H3,(H2,18,19). The first-order chi connectivity index (χ1) is 11.9. The molecule has 0 amide bonds. The summed E-state index contributed by atoms with van der Waals surface area (Å²) >= 11 is 5.83. The number of halogens is 1. The highest BCUT2D eigenvalue weighted by Gasteiger charge is 2.17. The van der Waals surface area contributed by atoms with Gasteiger partial charge in [-0.2, -0.15) is 0 Å². The van der Waals surface area contributed by atoms with Crippen LogP contribution in [0.4, 0.5) is 5.69 Å². The highest BCUT2D eigenvalue weighted by molar-refractivity contribution is 6.30. The zero-order chi connectivity index (χ0) is 18.4. The Balaban J connectivity index is 2.00. The van der Waals surface area contributed by atoms with Crippen LogP contribution in [0.3, 0.4) is 0 Å². The lowest BCUT2D eigenvalue weighted by Gasteiger charge is -2.12. The van der Waals surface area contributed by atoms with Crippen molar-refractivity contribution in [3.05, 3.63) is 69.2 Å². The number of carbonyl (C=O) groups is 1. The van der Waals surface area contributed by atoms with Crippen LogP contribution in [0, 0.1) is 10.1 Å². The quantitative estimate of drug-likeness (QED) is 0.277. The Bertz CT molecular complexity index is 825. The maximum Gasteiger partial charge on any atom is 0.374 e. The number of nitro groups is 1. The van der Waals surface area contributed by atoms with Crippen LogP contribution in [-0.4, -0.2) is 22.8 Å². The third-order valence-corrected chi connectivity index (χ3v) is 3.26. The van der Waals surface area contributed by atoms with E-state index in [1.807, 2.05) is 0 Å². The number of hydrogen-bond donors (Lipinski definition) is 1. The van der Waals surface area contributed by atoms with Crippen molar-refractivity contribution in [2.75, 3.05) is 0 Å². The fraction of sp³-hybridized carbons (Fsp3) is 0.125. The maximum absolute atomic E-state index is 11.9. The monoisotopic (exact) mass is 363 g/mol. The minimum absolute atomic E-state index is 0.153. The van der Waals surface area contributed by atoms with Crippen LogP contribution in [0.25, 0.3) is 0 Å². The summed E-state index contributed by atoms with van der Waals surface area (Å²) in [5.74, 6) is -0.562. The van der Waals surface area contributed by atoms with E-state index >= 15 is 0 Å². The number of hydrogen-bond acceptors (Lipinski definition) is 6. The Kier molecular flexibility index (Phi) is 5.91. The first-order valence-corrected chi connectivity index (χ1v) is 7.46. The number of nitrogens with zero attached hydrogens (tertiary/aromatic N) is 2. The molecule has 25 heavy (non-hydrogen) atoms. The molecule has 0 aliphatic rings. The molecule has 8 nitrogen and oxygen atoms in total. The zero-order valence-corrected chi connectivity index (χ0v) is 13.8. The fourth-order valence-electron chi connectivity index (χ4n) is 1.79. The molecular weight excluding hydrogens is 350 g/mol. The van der Waals surface area contributed by atoms with Crippen LogP contribution in [0.15, 0.2) is 53.7 Å². The lowest BCUT2D eigenvalue weighted by atomic mass is 10.2. The molecule has 0 heterocycles. The molecule has 0 bridgehead atoms. The molecule has 0 aliphatic carbocycles. The summed E-state index contributed by atoms with van der Waals surface area (Å²) in [6.45, 7) is 1.47. The van der Waals surface area contributed by atoms with Crippen LogP contribution in [0.2, 0.25) is 5.02 Å². The molecule has 1 atom stereocenters. The van der Waals surface area contributed by atoms with Gasteiger partial charge in [-0.05, 0) is 25.1 Å². The molecule has 0 spiro atoms. The van der Waals surface area contributed by atoms with E-state index in [4.69, 9.17) is 26.9 Å². The number of benzene rings is 2. The Morgan fingerprint density at radius 3 is 2.68 bits per heavy atom. The molecule has 0 aliphatic heterocycles. The number of nitro benzene ring substituents is 1. The van der Waals surface area contributed by atoms with Crippen molar-refractivity contribution in [1.29, 1.82) is 0 Å². The second-order valence-corrected chi connectivity index (χ2v) is 5.35. The number of nitrogens with two attached hydrogens (primary N) is 1. The van der Waals surface area contributed by atoms with Gasteiger partial charge in [-0.1, -0.05) is 35.0 Å². The summed E-state index contributed by atoms with van der Waals surface area (Å²) in [6.07, 6.45) is -0.958. The van der Waals surface area contributed by atoms with E-state index in [1.165, 1.54) is 31.2 Å². The molecule has 2 rings (SSSR count). The van der Waals surface area contributed by atoms with E-state index < -0.39 is 17.0 Å². The summed E-state index contributed by atoms with van der Waals surface area (Å²) in [5.41, 5.74) is 5.78. The lowest BCUT2D eigenvalue weighted by molar-refractivity contribution is -0.384. The average Bonchev–Trinajstić information content (AvgIpc) is 2.59. The SMILES string of the molecule is CC(Oc1cccc(Cl)c1)C(=O)O/N=C(\N)c1cccc([N+](=O)[O-])c1. The molecule has 2 aromatic carbocycles. The van der Waals surface area contributed by atoms with Crippen LogP contribution >= 0.6 is 11.6 Å². The molecule has 0 aromatic heterocycles. The third kappa shape index (κ3) is 5.18. The molecule has 130 valence electrons. The molecule has 0 radical (unpaired) electrons. The summed E-state index contributed by atoms with van der Waals surface area (Å²) in [5, 5.41) is 14.7. The van der Waals surface area contributed by atoms with Gasteiger partial charge in [0.2, 0.25) is 0 Å². The normalized spacial score (nSPS) is 12.3. The van der Waals surface area contributed by atoms with E-state index in [0.29, 0.717) is 10.8 Å². The Morgan fingerprint density at radius 1 is 1.28 bits per heavy atom. The first-order valence-electron chi connectivity index (χ1n) is 7.08. The molecule has 2 N–H and O–H groups in total. The predicted octanol–water partition coefficient (Wildman–Crippen LogP) is 2.88. The molecular formula is C16H14ClN3O5. The summed E-state index contributed by atoms with van der Waals surface area (Å²) in [7, 11) is 0. The lowest BCUT2D eigenvalue weighted by Crippen LogP contribution is -2.26. The summed E-state index contributed by atoms with van der Waals surface area (Å²) < 4.78 is 5.39. The van der Waals surface area contributed by atoms with Crippen molar-refractivity contribution in [1.82, 2.24) is 0 Å². The predicted molar refractivity (Wildman–Crippen MR) is 91.5 cm³/mol. The van der Waals surface area contributed by atoms with Gasteiger partial charge in [0, 0.05) is 22.7 Å². The van der Waals surface area contributed by atoms with E-state index in [0.717, 1.165) is 0 Å². The number of rotatable bonds is 6. The van der Waals surface area contributed by atoms with Crippen molar-refractivity contribution in [2.45, 2.75) is 13.0 Å². The van der Waals surface area contributed by atoms with Crippen LogP contribution in [0.5, 0.6) is 5.75 Å². The van der Waals surface area contributed by atoms with Gasteiger partial charge >= 0.3 is 5.97 Å². The molecule has 2 aromatic rings. The van der Waals surface area contributed by atoms with E-state index in [2.05, 4.69) is 5.16 Å². The number of non-ortho nitro benzene ring substituents is 1. The van der Waals surface area contributed by atoms with Gasteiger partial charge in [0.25, 0.3) is 5.69 Å². The number of amidine groups is 1. The second-order valence-electron chi connectivity index (χ2n) is 4.91. The van der Waals surface area contributed by atoms with Crippen molar-refractivity contribution in [3.8, 4) is 5.75 Å². The molecule has 0 saturated carbocycles. The van der Waals surface area contributed by atoms with Crippen molar-refractivity contribution < 1.29 is 19.3 Å². The highest BCUT2D eigenvalue weighted by Crippen LogP contribution is 2.18. The van der Waals surface area contributed by atoms with E-state index in [1.54, 1.807) is 24.3 Å². The fourth-order valence-corrected chi connectivity index (χ4v) is 1.97. The van der Waals surface area contributed by atoms with Crippen molar-refractivity contribution in [3.63, 3.8) is 0 Å². The highest BCUT2D eigenvalue weighted by atomic mass is 35.5.